The molecule has 1 aromatic heterocycles. The van der Waals surface area contributed by atoms with Crippen LogP contribution < -0.4 is 5.32 Å². The van der Waals surface area contributed by atoms with E-state index in [0.717, 1.165) is 15.4 Å². The molecule has 1 heterocycles. The average Bonchev–Trinajstić information content (AvgIpc) is 2.35. The smallest absolute Gasteiger partial charge is 0.326 e. The van der Waals surface area contributed by atoms with Crippen LogP contribution in [0.25, 0.3) is 10.9 Å². The summed E-state index contributed by atoms with van der Waals surface area (Å²) < 4.78 is 0.899. The van der Waals surface area contributed by atoms with E-state index in [4.69, 9.17) is 5.11 Å². The summed E-state index contributed by atoms with van der Waals surface area (Å²) in [5.74, 6) is -0.352. The van der Waals surface area contributed by atoms with E-state index in [0.29, 0.717) is 12.2 Å². The maximum absolute atomic E-state index is 11.0. The summed E-state index contributed by atoms with van der Waals surface area (Å²) in [6.45, 7) is 1.81. The van der Waals surface area contributed by atoms with E-state index in [1.54, 1.807) is 0 Å². The van der Waals surface area contributed by atoms with Crippen LogP contribution in [0, 0.1) is 0 Å². The number of carboxylic acids is 1. The molecule has 1 atom stereocenters. The lowest BCUT2D eigenvalue weighted by molar-refractivity contribution is -0.137. The van der Waals surface area contributed by atoms with E-state index in [9.17, 15) is 4.79 Å². The zero-order chi connectivity index (χ0) is 13.1. The number of rotatable bonds is 4. The number of carbonyl (C=O) groups is 1. The van der Waals surface area contributed by atoms with Crippen molar-refractivity contribution in [1.29, 1.82) is 0 Å². The maximum Gasteiger partial charge on any atom is 0.326 e. The Morgan fingerprint density at radius 2 is 2.28 bits per heavy atom. The molecule has 0 bridgehead atoms. The second-order valence-electron chi connectivity index (χ2n) is 3.83. The Morgan fingerprint density at radius 3 is 2.94 bits per heavy atom. The van der Waals surface area contributed by atoms with Crippen LogP contribution in [0.2, 0.25) is 0 Å². The lowest BCUT2D eigenvalue weighted by atomic mass is 10.2. The van der Waals surface area contributed by atoms with Gasteiger partial charge >= 0.3 is 5.97 Å². The standard InChI is InChI=1S/C12H12BrN3O2/c1-2-9(12(17)18)16-11-8-5-7(13)3-4-10(8)14-6-15-11/h3-6,9H,2H2,1H3,(H,17,18)(H,14,15,16)/t9-/m1/s1. The topological polar surface area (TPSA) is 75.1 Å². The number of halogens is 1. The highest BCUT2D eigenvalue weighted by molar-refractivity contribution is 9.10. The van der Waals surface area contributed by atoms with Gasteiger partial charge in [-0.2, -0.15) is 0 Å². The quantitative estimate of drug-likeness (QED) is 0.908. The summed E-state index contributed by atoms with van der Waals surface area (Å²) in [6, 6.07) is 4.95. The van der Waals surface area contributed by atoms with Gasteiger partial charge in [0, 0.05) is 9.86 Å². The molecule has 2 N–H and O–H groups in total. The Kier molecular flexibility index (Phi) is 3.76. The highest BCUT2D eigenvalue weighted by Gasteiger charge is 2.16. The normalized spacial score (nSPS) is 12.3. The van der Waals surface area contributed by atoms with E-state index in [1.165, 1.54) is 6.33 Å². The molecule has 5 nitrogen and oxygen atoms in total. The van der Waals surface area contributed by atoms with Gasteiger partial charge in [-0.3, -0.25) is 0 Å². The molecule has 0 saturated heterocycles. The number of benzene rings is 1. The lowest BCUT2D eigenvalue weighted by Gasteiger charge is -2.14. The lowest BCUT2D eigenvalue weighted by Crippen LogP contribution is -2.28. The van der Waals surface area contributed by atoms with Crippen molar-refractivity contribution in [2.45, 2.75) is 19.4 Å². The van der Waals surface area contributed by atoms with Crippen LogP contribution in [-0.4, -0.2) is 27.1 Å². The number of aliphatic carboxylic acids is 1. The maximum atomic E-state index is 11.0. The molecule has 0 aliphatic heterocycles. The first-order valence-corrected chi connectivity index (χ1v) is 6.30. The predicted octanol–water partition coefficient (Wildman–Crippen LogP) is 2.67. The van der Waals surface area contributed by atoms with Gasteiger partial charge in [0.15, 0.2) is 0 Å². The third-order valence-electron chi connectivity index (χ3n) is 2.61. The Morgan fingerprint density at radius 1 is 1.50 bits per heavy atom. The Hall–Kier alpha value is -1.69. The van der Waals surface area contributed by atoms with Crippen LogP contribution in [0.3, 0.4) is 0 Å². The third-order valence-corrected chi connectivity index (χ3v) is 3.11. The zero-order valence-electron chi connectivity index (χ0n) is 9.72. The monoisotopic (exact) mass is 309 g/mol. The van der Waals surface area contributed by atoms with Crippen molar-refractivity contribution in [3.63, 3.8) is 0 Å². The molecule has 6 heteroatoms. The second-order valence-corrected chi connectivity index (χ2v) is 4.74. The molecule has 0 aliphatic carbocycles. The Bertz CT molecular complexity index is 589. The van der Waals surface area contributed by atoms with E-state index in [1.807, 2.05) is 25.1 Å². The summed E-state index contributed by atoms with van der Waals surface area (Å²) in [5, 5.41) is 12.8. The SMILES string of the molecule is CC[C@@H](Nc1ncnc2ccc(Br)cc12)C(=O)O. The van der Waals surface area contributed by atoms with E-state index in [2.05, 4.69) is 31.2 Å². The van der Waals surface area contributed by atoms with Crippen molar-refractivity contribution in [3.05, 3.63) is 29.0 Å². The minimum Gasteiger partial charge on any atom is -0.480 e. The van der Waals surface area contributed by atoms with Crippen molar-refractivity contribution in [2.24, 2.45) is 0 Å². The molecule has 0 spiro atoms. The first kappa shape index (κ1) is 12.8. The fraction of sp³-hybridized carbons (Fsp3) is 0.250. The van der Waals surface area contributed by atoms with Gasteiger partial charge in [0.25, 0.3) is 0 Å². The molecule has 0 unspecified atom stereocenters. The first-order chi connectivity index (χ1) is 8.61. The molecule has 1 aromatic carbocycles. The number of nitrogens with one attached hydrogen (secondary N) is 1. The fourth-order valence-electron chi connectivity index (χ4n) is 1.65. The van der Waals surface area contributed by atoms with Crippen molar-refractivity contribution < 1.29 is 9.90 Å². The first-order valence-electron chi connectivity index (χ1n) is 5.51. The largest absolute Gasteiger partial charge is 0.480 e. The molecule has 0 amide bonds. The Balaban J connectivity index is 2.44. The Labute approximate surface area is 112 Å². The van der Waals surface area contributed by atoms with Crippen molar-refractivity contribution in [1.82, 2.24) is 9.97 Å². The summed E-state index contributed by atoms with van der Waals surface area (Å²) in [5.41, 5.74) is 0.774. The average molecular weight is 310 g/mol. The van der Waals surface area contributed by atoms with E-state index >= 15 is 0 Å². The fourth-order valence-corrected chi connectivity index (χ4v) is 2.01. The number of carboxylic acid groups (broad SMARTS) is 1. The van der Waals surface area contributed by atoms with Gasteiger partial charge in [-0.25, -0.2) is 14.8 Å². The molecule has 18 heavy (non-hydrogen) atoms. The minimum absolute atomic E-state index is 0.481. The molecule has 94 valence electrons. The van der Waals surface area contributed by atoms with Crippen molar-refractivity contribution in [3.8, 4) is 0 Å². The number of nitrogens with zero attached hydrogens (tertiary/aromatic N) is 2. The third kappa shape index (κ3) is 2.59. The van der Waals surface area contributed by atoms with Crippen LogP contribution in [0.5, 0.6) is 0 Å². The van der Waals surface area contributed by atoms with Crippen molar-refractivity contribution >= 4 is 38.6 Å². The highest BCUT2D eigenvalue weighted by Crippen LogP contribution is 2.24. The van der Waals surface area contributed by atoms with Gasteiger partial charge in [-0.05, 0) is 24.6 Å². The molecular weight excluding hydrogens is 298 g/mol. The van der Waals surface area contributed by atoms with Crippen molar-refractivity contribution in [2.75, 3.05) is 5.32 Å². The van der Waals surface area contributed by atoms with Crippen LogP contribution >= 0.6 is 15.9 Å². The van der Waals surface area contributed by atoms with E-state index < -0.39 is 12.0 Å². The molecule has 0 radical (unpaired) electrons. The van der Waals surface area contributed by atoms with Crippen LogP contribution in [0.1, 0.15) is 13.3 Å². The van der Waals surface area contributed by atoms with E-state index in [-0.39, 0.29) is 0 Å². The number of anilines is 1. The molecule has 2 aromatic rings. The van der Waals surface area contributed by atoms with Crippen LogP contribution in [-0.2, 0) is 4.79 Å². The zero-order valence-corrected chi connectivity index (χ0v) is 11.3. The summed E-state index contributed by atoms with van der Waals surface area (Å²) >= 11 is 3.38. The number of aromatic nitrogens is 2. The molecule has 2 rings (SSSR count). The molecule has 0 fully saturated rings. The van der Waals surface area contributed by atoms with Gasteiger partial charge in [0.2, 0.25) is 0 Å². The summed E-state index contributed by atoms with van der Waals surface area (Å²) in [4.78, 5) is 19.3. The number of hydrogen-bond donors (Lipinski definition) is 2. The summed E-state index contributed by atoms with van der Waals surface area (Å²) in [7, 11) is 0. The van der Waals surface area contributed by atoms with Gasteiger partial charge < -0.3 is 10.4 Å². The van der Waals surface area contributed by atoms with Gasteiger partial charge in [0.05, 0.1) is 5.52 Å². The second kappa shape index (κ2) is 5.30. The molecular formula is C12H12BrN3O2. The molecule has 0 saturated carbocycles. The van der Waals surface area contributed by atoms with Gasteiger partial charge in [-0.1, -0.05) is 22.9 Å². The number of hydrogen-bond acceptors (Lipinski definition) is 4. The molecule has 0 aliphatic rings. The predicted molar refractivity (Wildman–Crippen MR) is 72.6 cm³/mol. The van der Waals surface area contributed by atoms with Crippen LogP contribution in [0.15, 0.2) is 29.0 Å². The highest BCUT2D eigenvalue weighted by atomic mass is 79.9. The number of fused-ring (bicyclic) bond motifs is 1. The van der Waals surface area contributed by atoms with Gasteiger partial charge in [-0.15, -0.1) is 0 Å². The van der Waals surface area contributed by atoms with Gasteiger partial charge in [0.1, 0.15) is 18.2 Å². The minimum atomic E-state index is -0.890. The summed E-state index contributed by atoms with van der Waals surface area (Å²) in [6.07, 6.45) is 1.90. The van der Waals surface area contributed by atoms with Crippen LogP contribution in [0.4, 0.5) is 5.82 Å².